The van der Waals surface area contributed by atoms with Gasteiger partial charge in [-0.15, -0.1) is 0 Å². The molecule has 20 heavy (non-hydrogen) atoms. The molecule has 2 rings (SSSR count). The summed E-state index contributed by atoms with van der Waals surface area (Å²) >= 11 is 0. The molecule has 116 valence electrons. The molecule has 0 aromatic carbocycles. The van der Waals surface area contributed by atoms with Crippen LogP contribution in [0.25, 0.3) is 0 Å². The van der Waals surface area contributed by atoms with Crippen molar-refractivity contribution < 1.29 is 4.79 Å². The fraction of sp³-hybridized carbons (Fsp3) is 0.938. The van der Waals surface area contributed by atoms with E-state index in [1.165, 1.54) is 25.7 Å². The maximum Gasteiger partial charge on any atom is 0.233 e. The summed E-state index contributed by atoms with van der Waals surface area (Å²) in [6, 6.07) is 1.32. The Morgan fingerprint density at radius 3 is 2.40 bits per heavy atom. The molecular formula is C16H31N3O. The van der Waals surface area contributed by atoms with Gasteiger partial charge in [-0.2, -0.15) is 0 Å². The molecule has 1 heterocycles. The zero-order valence-corrected chi connectivity index (χ0v) is 13.5. The highest BCUT2D eigenvalue weighted by atomic mass is 16.1. The number of amides is 1. The summed E-state index contributed by atoms with van der Waals surface area (Å²) in [6.45, 7) is 9.78. The van der Waals surface area contributed by atoms with E-state index in [1.807, 2.05) is 0 Å². The monoisotopic (exact) mass is 281 g/mol. The first-order chi connectivity index (χ1) is 9.39. The van der Waals surface area contributed by atoms with E-state index in [0.29, 0.717) is 24.0 Å². The Balaban J connectivity index is 1.73. The first-order valence-corrected chi connectivity index (χ1v) is 8.08. The lowest BCUT2D eigenvalue weighted by atomic mass is 9.91. The van der Waals surface area contributed by atoms with Crippen LogP contribution in [0.3, 0.4) is 0 Å². The minimum atomic E-state index is 0.127. The van der Waals surface area contributed by atoms with Gasteiger partial charge in [0, 0.05) is 32.2 Å². The topological polar surface area (TPSA) is 44.4 Å². The SMILES string of the molecule is CNC(=O)CN1CCC(N[C@@H]2CC(C)(C)C[C@@H]2C)CC1. The van der Waals surface area contributed by atoms with E-state index in [-0.39, 0.29) is 5.91 Å². The molecule has 0 spiro atoms. The van der Waals surface area contributed by atoms with E-state index < -0.39 is 0 Å². The highest BCUT2D eigenvalue weighted by molar-refractivity contribution is 5.77. The van der Waals surface area contributed by atoms with Gasteiger partial charge in [-0.1, -0.05) is 20.8 Å². The predicted molar refractivity (Wildman–Crippen MR) is 82.6 cm³/mol. The number of rotatable bonds is 4. The molecule has 0 aromatic heterocycles. The second-order valence-electron chi connectivity index (χ2n) is 7.55. The van der Waals surface area contributed by atoms with Gasteiger partial charge in [-0.05, 0) is 37.0 Å². The lowest BCUT2D eigenvalue weighted by Crippen LogP contribution is -2.48. The van der Waals surface area contributed by atoms with Crippen LogP contribution in [0.5, 0.6) is 0 Å². The Kier molecular flexibility index (Phi) is 5.08. The minimum absolute atomic E-state index is 0.127. The van der Waals surface area contributed by atoms with Gasteiger partial charge in [0.05, 0.1) is 6.54 Å². The number of carbonyl (C=O) groups excluding carboxylic acids is 1. The summed E-state index contributed by atoms with van der Waals surface area (Å²) in [7, 11) is 1.71. The molecule has 0 unspecified atom stereocenters. The first-order valence-electron chi connectivity index (χ1n) is 8.08. The zero-order valence-electron chi connectivity index (χ0n) is 13.5. The Morgan fingerprint density at radius 1 is 1.25 bits per heavy atom. The number of nitrogens with zero attached hydrogens (tertiary/aromatic N) is 1. The highest BCUT2D eigenvalue weighted by Crippen LogP contribution is 2.41. The van der Waals surface area contributed by atoms with Gasteiger partial charge in [-0.3, -0.25) is 9.69 Å². The zero-order chi connectivity index (χ0) is 14.8. The number of nitrogens with one attached hydrogen (secondary N) is 2. The van der Waals surface area contributed by atoms with Crippen molar-refractivity contribution in [3.05, 3.63) is 0 Å². The van der Waals surface area contributed by atoms with E-state index in [4.69, 9.17) is 0 Å². The van der Waals surface area contributed by atoms with E-state index >= 15 is 0 Å². The van der Waals surface area contributed by atoms with Gasteiger partial charge in [0.2, 0.25) is 5.91 Å². The smallest absolute Gasteiger partial charge is 0.233 e. The molecule has 1 amide bonds. The van der Waals surface area contributed by atoms with Crippen LogP contribution in [0.4, 0.5) is 0 Å². The van der Waals surface area contributed by atoms with Crippen LogP contribution in [0.2, 0.25) is 0 Å². The molecule has 0 radical (unpaired) electrons. The summed E-state index contributed by atoms with van der Waals surface area (Å²) < 4.78 is 0. The third-order valence-electron chi connectivity index (χ3n) is 5.02. The largest absolute Gasteiger partial charge is 0.358 e. The van der Waals surface area contributed by atoms with E-state index in [2.05, 4.69) is 36.3 Å². The summed E-state index contributed by atoms with van der Waals surface area (Å²) in [5.41, 5.74) is 0.497. The van der Waals surface area contributed by atoms with Gasteiger partial charge in [0.1, 0.15) is 0 Å². The summed E-state index contributed by atoms with van der Waals surface area (Å²) in [5.74, 6) is 0.913. The third-order valence-corrected chi connectivity index (χ3v) is 5.02. The maximum absolute atomic E-state index is 11.4. The molecule has 2 N–H and O–H groups in total. The van der Waals surface area contributed by atoms with Crippen molar-refractivity contribution >= 4 is 5.91 Å². The average Bonchev–Trinajstić information content (AvgIpc) is 2.64. The molecule has 1 aliphatic heterocycles. The number of likely N-dealkylation sites (N-methyl/N-ethyl adjacent to an activating group) is 1. The predicted octanol–water partition coefficient (Wildman–Crippen LogP) is 1.61. The quantitative estimate of drug-likeness (QED) is 0.823. The van der Waals surface area contributed by atoms with Gasteiger partial charge in [-0.25, -0.2) is 0 Å². The van der Waals surface area contributed by atoms with Crippen molar-refractivity contribution in [1.82, 2.24) is 15.5 Å². The highest BCUT2D eigenvalue weighted by Gasteiger charge is 2.37. The van der Waals surface area contributed by atoms with Gasteiger partial charge in [0.25, 0.3) is 0 Å². The number of hydrogen-bond donors (Lipinski definition) is 2. The van der Waals surface area contributed by atoms with Crippen molar-refractivity contribution in [3.8, 4) is 0 Å². The number of piperidine rings is 1. The second kappa shape index (κ2) is 6.44. The lowest BCUT2D eigenvalue weighted by Gasteiger charge is -2.34. The van der Waals surface area contributed by atoms with E-state index in [1.54, 1.807) is 7.05 Å². The average molecular weight is 281 g/mol. The van der Waals surface area contributed by atoms with Crippen molar-refractivity contribution in [3.63, 3.8) is 0 Å². The number of hydrogen-bond acceptors (Lipinski definition) is 3. The van der Waals surface area contributed by atoms with Crippen molar-refractivity contribution in [2.75, 3.05) is 26.7 Å². The molecule has 1 aliphatic carbocycles. The fourth-order valence-corrected chi connectivity index (χ4v) is 3.96. The molecular weight excluding hydrogens is 250 g/mol. The fourth-order valence-electron chi connectivity index (χ4n) is 3.96. The summed E-state index contributed by atoms with van der Waals surface area (Å²) in [4.78, 5) is 13.6. The van der Waals surface area contributed by atoms with Crippen LogP contribution in [-0.4, -0.2) is 49.6 Å². The summed E-state index contributed by atoms with van der Waals surface area (Å²) in [6.07, 6.45) is 4.97. The van der Waals surface area contributed by atoms with Gasteiger partial charge in [0.15, 0.2) is 0 Å². The Morgan fingerprint density at radius 2 is 1.90 bits per heavy atom. The van der Waals surface area contributed by atoms with Crippen LogP contribution < -0.4 is 10.6 Å². The van der Waals surface area contributed by atoms with Crippen LogP contribution in [0, 0.1) is 11.3 Å². The first kappa shape index (κ1) is 15.8. The molecule has 1 saturated carbocycles. The molecule has 0 aromatic rings. The molecule has 4 nitrogen and oxygen atoms in total. The Hall–Kier alpha value is -0.610. The maximum atomic E-state index is 11.4. The standard InChI is InChI=1S/C16H31N3O/c1-12-9-16(2,3)10-14(12)18-13-5-7-19(8-6-13)11-15(20)17-4/h12-14,18H,5-11H2,1-4H3,(H,17,20)/t12-,14+/m0/s1. The van der Waals surface area contributed by atoms with E-state index in [9.17, 15) is 4.79 Å². The van der Waals surface area contributed by atoms with Gasteiger partial charge < -0.3 is 10.6 Å². The lowest BCUT2D eigenvalue weighted by molar-refractivity contribution is -0.122. The van der Waals surface area contributed by atoms with Crippen LogP contribution >= 0.6 is 0 Å². The van der Waals surface area contributed by atoms with Crippen molar-refractivity contribution in [2.24, 2.45) is 11.3 Å². The van der Waals surface area contributed by atoms with Crippen LogP contribution in [-0.2, 0) is 4.79 Å². The molecule has 4 heteroatoms. The van der Waals surface area contributed by atoms with Crippen LogP contribution in [0.1, 0.15) is 46.5 Å². The Labute approximate surface area is 123 Å². The second-order valence-corrected chi connectivity index (χ2v) is 7.55. The minimum Gasteiger partial charge on any atom is -0.358 e. The number of likely N-dealkylation sites (tertiary alicyclic amines) is 1. The molecule has 2 atom stereocenters. The Bertz CT molecular complexity index is 335. The van der Waals surface area contributed by atoms with Gasteiger partial charge >= 0.3 is 0 Å². The summed E-state index contributed by atoms with van der Waals surface area (Å²) in [5, 5.41) is 6.58. The normalized spacial score (nSPS) is 31.4. The van der Waals surface area contributed by atoms with Crippen molar-refractivity contribution in [2.45, 2.75) is 58.5 Å². The van der Waals surface area contributed by atoms with E-state index in [0.717, 1.165) is 19.0 Å². The third kappa shape index (κ3) is 4.19. The number of carbonyl (C=O) groups is 1. The molecule has 0 bridgehead atoms. The molecule has 2 fully saturated rings. The molecule has 1 saturated heterocycles. The van der Waals surface area contributed by atoms with Crippen molar-refractivity contribution in [1.29, 1.82) is 0 Å². The molecule has 2 aliphatic rings. The van der Waals surface area contributed by atoms with Crippen LogP contribution in [0.15, 0.2) is 0 Å².